The first-order valence-corrected chi connectivity index (χ1v) is 10.2. The number of hydrogen-bond acceptors (Lipinski definition) is 4. The molecule has 0 amide bonds. The van der Waals surface area contributed by atoms with E-state index in [2.05, 4.69) is 6.92 Å². The van der Waals surface area contributed by atoms with E-state index in [-0.39, 0.29) is 35.4 Å². The van der Waals surface area contributed by atoms with Crippen LogP contribution in [0.5, 0.6) is 0 Å². The second-order valence-corrected chi connectivity index (χ2v) is 9.30. The molecule has 4 rings (SSSR count). The predicted octanol–water partition coefficient (Wildman–Crippen LogP) is 3.48. The molecule has 25 heavy (non-hydrogen) atoms. The summed E-state index contributed by atoms with van der Waals surface area (Å²) in [6, 6.07) is 0. The van der Waals surface area contributed by atoms with Gasteiger partial charge in [0.05, 0.1) is 7.45 Å². The van der Waals surface area contributed by atoms with Gasteiger partial charge in [0.15, 0.2) is 5.78 Å². The van der Waals surface area contributed by atoms with Gasteiger partial charge in [-0.2, -0.15) is 8.42 Å². The normalized spacial score (nSPS) is 52.9. The zero-order valence-corrected chi connectivity index (χ0v) is 15.3. The molecule has 0 radical (unpaired) electrons. The van der Waals surface area contributed by atoms with Crippen molar-refractivity contribution < 1.29 is 26.1 Å². The topological polar surface area (TPSA) is 80.7 Å². The monoisotopic (exact) mass is 369 g/mol. The Labute approximate surface area is 153 Å². The van der Waals surface area contributed by atoms with Crippen molar-refractivity contribution >= 4 is 16.2 Å². The molecule has 6 heteroatoms. The first-order valence-electron chi connectivity index (χ1n) is 10.4. The van der Waals surface area contributed by atoms with Gasteiger partial charge in [-0.05, 0) is 73.8 Å². The lowest BCUT2D eigenvalue weighted by molar-refractivity contribution is -0.111. The van der Waals surface area contributed by atoms with Gasteiger partial charge in [-0.3, -0.25) is 9.35 Å². The Kier molecular flexibility index (Phi) is 3.11. The van der Waals surface area contributed by atoms with Gasteiger partial charge in [-0.25, -0.2) is 4.18 Å². The highest BCUT2D eigenvalue weighted by Gasteiger charge is 2.59. The number of ketones is 1. The second-order valence-electron chi connectivity index (χ2n) is 8.28. The van der Waals surface area contributed by atoms with E-state index in [4.69, 9.17) is 8.30 Å². The molecular formula is C19H26O5S. The van der Waals surface area contributed by atoms with Crippen molar-refractivity contribution in [3.05, 3.63) is 23.8 Å². The third-order valence-electron chi connectivity index (χ3n) is 7.14. The van der Waals surface area contributed by atoms with Crippen LogP contribution in [0.3, 0.4) is 0 Å². The Hall–Kier alpha value is -0.980. The van der Waals surface area contributed by atoms with Gasteiger partial charge in [-0.15, -0.1) is 0 Å². The Morgan fingerprint density at radius 1 is 1.32 bits per heavy atom. The number of allylic oxidation sites excluding steroid dienone is 4. The largest absolute Gasteiger partial charge is 0.397 e. The SMILES string of the molecule is [2H]C1([2H])C[C@H]2[C@@H]3CCC4=CC(=O)C=C[C@]4(C)[C@H]3CC[C@]2(C)[C@@]1([2H])OS(=O)(=O)O. The molecule has 0 spiro atoms. The highest BCUT2D eigenvalue weighted by atomic mass is 32.3. The van der Waals surface area contributed by atoms with E-state index in [1.54, 1.807) is 19.1 Å². The Morgan fingerprint density at radius 3 is 2.80 bits per heavy atom. The summed E-state index contributed by atoms with van der Waals surface area (Å²) in [5, 5.41) is 0. The van der Waals surface area contributed by atoms with Crippen molar-refractivity contribution in [2.75, 3.05) is 0 Å². The molecule has 5 nitrogen and oxygen atoms in total. The molecule has 6 atom stereocenters. The third kappa shape index (κ3) is 2.64. The lowest BCUT2D eigenvalue weighted by Crippen LogP contribution is -2.50. The first-order chi connectivity index (χ1) is 12.7. The minimum atomic E-state index is -4.98. The molecule has 0 unspecified atom stereocenters. The smallest absolute Gasteiger partial charge is 0.290 e. The minimum absolute atomic E-state index is 0.00417. The van der Waals surface area contributed by atoms with Gasteiger partial charge >= 0.3 is 10.4 Å². The quantitative estimate of drug-likeness (QED) is 0.754. The van der Waals surface area contributed by atoms with Crippen LogP contribution in [-0.4, -0.2) is 24.8 Å². The number of hydrogen-bond donors (Lipinski definition) is 1. The third-order valence-corrected chi connectivity index (χ3v) is 7.51. The zero-order valence-electron chi connectivity index (χ0n) is 17.5. The van der Waals surface area contributed by atoms with Crippen LogP contribution in [0.1, 0.15) is 56.4 Å². The average molecular weight is 369 g/mol. The van der Waals surface area contributed by atoms with Gasteiger partial charge in [0.25, 0.3) is 0 Å². The minimum Gasteiger partial charge on any atom is -0.290 e. The van der Waals surface area contributed by atoms with E-state index in [0.29, 0.717) is 12.8 Å². The Morgan fingerprint density at radius 2 is 2.08 bits per heavy atom. The molecule has 3 fully saturated rings. The van der Waals surface area contributed by atoms with Crippen LogP contribution in [0.2, 0.25) is 0 Å². The first kappa shape index (κ1) is 14.1. The number of rotatable bonds is 2. The highest BCUT2D eigenvalue weighted by molar-refractivity contribution is 7.80. The molecule has 1 N–H and O–H groups in total. The van der Waals surface area contributed by atoms with Crippen LogP contribution in [0.4, 0.5) is 0 Å². The summed E-state index contributed by atoms with van der Waals surface area (Å²) in [5.74, 6) is 0.0326. The fraction of sp³-hybridized carbons (Fsp3) is 0.737. The maximum absolute atomic E-state index is 11.8. The lowest BCUT2D eigenvalue weighted by Gasteiger charge is -2.56. The fourth-order valence-corrected chi connectivity index (χ4v) is 6.27. The fourth-order valence-electron chi connectivity index (χ4n) is 5.81. The standard InChI is InChI=1S/C19H26O5S/c1-18-9-7-13(20)11-12(18)3-4-14-15-5-6-17(24-25(21,22)23)19(15,2)10-8-16(14)18/h7,9,11,14-17H,3-6,8,10H2,1-2H3,(H,21,22,23)/t14-,15-,16-,17-,18-,19-/m0/s1/i6D2,17D. The molecule has 0 aliphatic heterocycles. The Bertz CT molecular complexity index is 897. The van der Waals surface area contributed by atoms with Gasteiger partial charge in [0, 0.05) is 8.16 Å². The van der Waals surface area contributed by atoms with E-state index in [1.807, 2.05) is 6.08 Å². The summed E-state index contributed by atoms with van der Waals surface area (Å²) in [7, 11) is -4.98. The molecule has 0 saturated heterocycles. The second kappa shape index (κ2) is 5.51. The summed E-state index contributed by atoms with van der Waals surface area (Å²) in [6.45, 7) is 3.85. The van der Waals surface area contributed by atoms with Gasteiger partial charge in [0.2, 0.25) is 0 Å². The molecule has 0 bridgehead atoms. The average Bonchev–Trinajstić information content (AvgIpc) is 2.70. The number of carbonyl (C=O) groups is 1. The number of fused-ring (bicyclic) bond motifs is 5. The highest BCUT2D eigenvalue weighted by Crippen LogP contribution is 2.64. The van der Waals surface area contributed by atoms with Crippen molar-refractivity contribution in [2.45, 2.75) is 58.4 Å². The predicted molar refractivity (Wildman–Crippen MR) is 93.0 cm³/mol. The summed E-state index contributed by atoms with van der Waals surface area (Å²) in [6.07, 6.45) is 3.30. The van der Waals surface area contributed by atoms with Crippen molar-refractivity contribution in [3.63, 3.8) is 0 Å². The van der Waals surface area contributed by atoms with Crippen molar-refractivity contribution in [2.24, 2.45) is 28.6 Å². The van der Waals surface area contributed by atoms with Crippen molar-refractivity contribution in [3.8, 4) is 0 Å². The van der Waals surface area contributed by atoms with Gasteiger partial charge in [-0.1, -0.05) is 25.5 Å². The molecule has 4 aliphatic carbocycles. The summed E-state index contributed by atoms with van der Waals surface area (Å²) in [5.41, 5.74) is -0.210. The molecular weight excluding hydrogens is 340 g/mol. The van der Waals surface area contributed by atoms with Crippen LogP contribution in [0.15, 0.2) is 23.8 Å². The molecule has 0 heterocycles. The van der Waals surface area contributed by atoms with Crippen LogP contribution in [0, 0.1) is 28.6 Å². The van der Waals surface area contributed by atoms with E-state index >= 15 is 0 Å². The van der Waals surface area contributed by atoms with Crippen LogP contribution < -0.4 is 0 Å². The van der Waals surface area contributed by atoms with Crippen LogP contribution in [-0.2, 0) is 19.4 Å². The Balaban J connectivity index is 1.75. The van der Waals surface area contributed by atoms with Crippen molar-refractivity contribution in [1.29, 1.82) is 0 Å². The maximum atomic E-state index is 11.8. The molecule has 0 aromatic rings. The lowest BCUT2D eigenvalue weighted by atomic mass is 9.48. The summed E-state index contributed by atoms with van der Waals surface area (Å²) in [4.78, 5) is 11.8. The molecule has 0 aromatic heterocycles. The van der Waals surface area contributed by atoms with E-state index < -0.39 is 28.3 Å². The summed E-state index contributed by atoms with van der Waals surface area (Å²) < 4.78 is 62.4. The summed E-state index contributed by atoms with van der Waals surface area (Å²) >= 11 is 0. The van der Waals surface area contributed by atoms with Gasteiger partial charge in [0.1, 0.15) is 0 Å². The molecule has 3 saturated carbocycles. The van der Waals surface area contributed by atoms with Crippen LogP contribution >= 0.6 is 0 Å². The number of carbonyl (C=O) groups excluding carboxylic acids is 1. The molecule has 0 aromatic carbocycles. The van der Waals surface area contributed by atoms with E-state index in [0.717, 1.165) is 18.4 Å². The molecule has 138 valence electrons. The van der Waals surface area contributed by atoms with E-state index in [9.17, 15) is 17.8 Å². The zero-order chi connectivity index (χ0) is 20.8. The van der Waals surface area contributed by atoms with Gasteiger partial charge < -0.3 is 0 Å². The molecule has 4 aliphatic rings. The maximum Gasteiger partial charge on any atom is 0.397 e. The van der Waals surface area contributed by atoms with E-state index in [1.165, 1.54) is 0 Å². The van der Waals surface area contributed by atoms with Crippen LogP contribution in [0.25, 0.3) is 0 Å². The van der Waals surface area contributed by atoms with Crippen molar-refractivity contribution in [1.82, 2.24) is 0 Å².